The SMILES string of the molecule is CCC(C)(C)Oc1ncc(C(=O)O)c2ccccc12. The molecule has 4 heteroatoms. The number of carbonyl (C=O) groups is 1. The van der Waals surface area contributed by atoms with Crippen LogP contribution in [-0.2, 0) is 0 Å². The summed E-state index contributed by atoms with van der Waals surface area (Å²) in [5.74, 6) is -0.502. The minimum atomic E-state index is -0.981. The minimum absolute atomic E-state index is 0.192. The van der Waals surface area contributed by atoms with Gasteiger partial charge in [0.05, 0.1) is 5.56 Å². The maximum absolute atomic E-state index is 11.2. The van der Waals surface area contributed by atoms with E-state index in [1.807, 2.05) is 39.0 Å². The fraction of sp³-hybridized carbons (Fsp3) is 0.333. The highest BCUT2D eigenvalue weighted by Crippen LogP contribution is 2.29. The molecule has 0 bridgehead atoms. The molecule has 2 aromatic rings. The molecule has 0 radical (unpaired) electrons. The predicted molar refractivity (Wildman–Crippen MR) is 73.7 cm³/mol. The predicted octanol–water partition coefficient (Wildman–Crippen LogP) is 3.50. The number of nitrogens with zero attached hydrogens (tertiary/aromatic N) is 1. The van der Waals surface area contributed by atoms with Crippen molar-refractivity contribution in [3.63, 3.8) is 0 Å². The summed E-state index contributed by atoms with van der Waals surface area (Å²) in [7, 11) is 0. The molecule has 1 aromatic carbocycles. The average molecular weight is 259 g/mol. The lowest BCUT2D eigenvalue weighted by Gasteiger charge is -2.24. The lowest BCUT2D eigenvalue weighted by atomic mass is 10.1. The largest absolute Gasteiger partial charge is 0.478 e. The monoisotopic (exact) mass is 259 g/mol. The smallest absolute Gasteiger partial charge is 0.337 e. The molecule has 19 heavy (non-hydrogen) atoms. The van der Waals surface area contributed by atoms with Crippen molar-refractivity contribution in [1.29, 1.82) is 0 Å². The number of rotatable bonds is 4. The van der Waals surface area contributed by atoms with Gasteiger partial charge in [-0.05, 0) is 26.3 Å². The first-order valence-electron chi connectivity index (χ1n) is 6.24. The first kappa shape index (κ1) is 13.3. The Bertz CT molecular complexity index is 620. The van der Waals surface area contributed by atoms with Crippen LogP contribution in [0.3, 0.4) is 0 Å². The van der Waals surface area contributed by atoms with Crippen molar-refractivity contribution in [2.45, 2.75) is 32.8 Å². The lowest BCUT2D eigenvalue weighted by Crippen LogP contribution is -2.27. The fourth-order valence-electron chi connectivity index (χ4n) is 1.75. The normalized spacial score (nSPS) is 11.5. The average Bonchev–Trinajstić information content (AvgIpc) is 2.38. The van der Waals surface area contributed by atoms with Crippen LogP contribution in [0, 0.1) is 0 Å². The van der Waals surface area contributed by atoms with Gasteiger partial charge in [0, 0.05) is 17.0 Å². The van der Waals surface area contributed by atoms with Crippen molar-refractivity contribution < 1.29 is 14.6 Å². The van der Waals surface area contributed by atoms with Crippen LogP contribution < -0.4 is 4.74 Å². The molecule has 100 valence electrons. The fourth-order valence-corrected chi connectivity index (χ4v) is 1.75. The Morgan fingerprint density at radius 3 is 2.53 bits per heavy atom. The van der Waals surface area contributed by atoms with Crippen LogP contribution in [0.15, 0.2) is 30.5 Å². The molecule has 4 nitrogen and oxygen atoms in total. The Balaban J connectivity index is 2.59. The van der Waals surface area contributed by atoms with Gasteiger partial charge < -0.3 is 9.84 Å². The van der Waals surface area contributed by atoms with Crippen molar-refractivity contribution in [2.24, 2.45) is 0 Å². The van der Waals surface area contributed by atoms with Crippen molar-refractivity contribution >= 4 is 16.7 Å². The topological polar surface area (TPSA) is 59.4 Å². The van der Waals surface area contributed by atoms with Gasteiger partial charge in [-0.1, -0.05) is 25.1 Å². The van der Waals surface area contributed by atoms with Gasteiger partial charge in [0.2, 0.25) is 5.88 Å². The second-order valence-electron chi connectivity index (χ2n) is 5.04. The zero-order chi connectivity index (χ0) is 14.0. The highest BCUT2D eigenvalue weighted by atomic mass is 16.5. The van der Waals surface area contributed by atoms with E-state index in [0.29, 0.717) is 11.3 Å². The number of carboxylic acids is 1. The molecule has 0 saturated heterocycles. The minimum Gasteiger partial charge on any atom is -0.478 e. The first-order valence-corrected chi connectivity index (χ1v) is 6.24. The number of fused-ring (bicyclic) bond motifs is 1. The molecule has 0 atom stereocenters. The van der Waals surface area contributed by atoms with Crippen molar-refractivity contribution in [3.8, 4) is 5.88 Å². The summed E-state index contributed by atoms with van der Waals surface area (Å²) in [4.78, 5) is 15.3. The number of benzene rings is 1. The third-order valence-corrected chi connectivity index (χ3v) is 3.21. The van der Waals surface area contributed by atoms with Gasteiger partial charge in [-0.2, -0.15) is 0 Å². The number of carboxylic acid groups (broad SMARTS) is 1. The molecule has 2 rings (SSSR count). The van der Waals surface area contributed by atoms with Crippen LogP contribution in [0.1, 0.15) is 37.6 Å². The zero-order valence-corrected chi connectivity index (χ0v) is 11.3. The molecule has 1 aromatic heterocycles. The van der Waals surface area contributed by atoms with E-state index in [9.17, 15) is 9.90 Å². The number of hydrogen-bond acceptors (Lipinski definition) is 3. The molecule has 0 amide bonds. The molecule has 0 aliphatic rings. The molecule has 0 aliphatic heterocycles. The summed E-state index contributed by atoms with van der Waals surface area (Å²) in [5.41, 5.74) is -0.141. The van der Waals surface area contributed by atoms with E-state index < -0.39 is 5.97 Å². The molecule has 0 saturated carbocycles. The number of aromatic nitrogens is 1. The van der Waals surface area contributed by atoms with E-state index in [2.05, 4.69) is 4.98 Å². The number of ether oxygens (including phenoxy) is 1. The number of pyridine rings is 1. The van der Waals surface area contributed by atoms with Crippen LogP contribution in [0.5, 0.6) is 5.88 Å². The highest BCUT2D eigenvalue weighted by Gasteiger charge is 2.20. The van der Waals surface area contributed by atoms with Gasteiger partial charge in [0.1, 0.15) is 5.60 Å². The summed E-state index contributed by atoms with van der Waals surface area (Å²) in [5, 5.41) is 10.5. The summed E-state index contributed by atoms with van der Waals surface area (Å²) in [6.07, 6.45) is 2.19. The van der Waals surface area contributed by atoms with Crippen molar-refractivity contribution in [3.05, 3.63) is 36.0 Å². The van der Waals surface area contributed by atoms with E-state index >= 15 is 0 Å². The molecule has 0 unspecified atom stereocenters. The van der Waals surface area contributed by atoms with Gasteiger partial charge in [-0.15, -0.1) is 0 Å². The maximum Gasteiger partial charge on any atom is 0.337 e. The van der Waals surface area contributed by atoms with E-state index in [0.717, 1.165) is 11.8 Å². The summed E-state index contributed by atoms with van der Waals surface area (Å²) in [6.45, 7) is 6.00. The Morgan fingerprint density at radius 1 is 1.32 bits per heavy atom. The van der Waals surface area contributed by atoms with Crippen LogP contribution in [0.4, 0.5) is 0 Å². The van der Waals surface area contributed by atoms with Gasteiger partial charge in [0.15, 0.2) is 0 Å². The van der Waals surface area contributed by atoms with Crippen LogP contribution in [0.2, 0.25) is 0 Å². The standard InChI is InChI=1S/C15H17NO3/c1-4-15(2,3)19-13-11-8-6-5-7-10(11)12(9-16-13)14(17)18/h5-9H,4H2,1-3H3,(H,17,18). The van der Waals surface area contributed by atoms with Gasteiger partial charge >= 0.3 is 5.97 Å². The lowest BCUT2D eigenvalue weighted by molar-refractivity contribution is 0.0698. The molecule has 0 aliphatic carbocycles. The van der Waals surface area contributed by atoms with E-state index in [1.165, 1.54) is 6.20 Å². The first-order chi connectivity index (χ1) is 8.94. The summed E-state index contributed by atoms with van der Waals surface area (Å²) in [6, 6.07) is 7.26. The van der Waals surface area contributed by atoms with E-state index in [-0.39, 0.29) is 11.2 Å². The second-order valence-corrected chi connectivity index (χ2v) is 5.04. The second kappa shape index (κ2) is 4.88. The highest BCUT2D eigenvalue weighted by molar-refractivity contribution is 6.04. The molecule has 1 N–H and O–H groups in total. The number of hydrogen-bond donors (Lipinski definition) is 1. The zero-order valence-electron chi connectivity index (χ0n) is 11.3. The summed E-state index contributed by atoms with van der Waals surface area (Å²) < 4.78 is 5.89. The maximum atomic E-state index is 11.2. The summed E-state index contributed by atoms with van der Waals surface area (Å²) >= 11 is 0. The Labute approximate surface area is 112 Å². The Kier molecular flexibility index (Phi) is 3.42. The Morgan fingerprint density at radius 2 is 1.95 bits per heavy atom. The van der Waals surface area contributed by atoms with Gasteiger partial charge in [0.25, 0.3) is 0 Å². The van der Waals surface area contributed by atoms with Gasteiger partial charge in [-0.3, -0.25) is 0 Å². The Hall–Kier alpha value is -2.10. The molecular weight excluding hydrogens is 242 g/mol. The molecular formula is C15H17NO3. The van der Waals surface area contributed by atoms with Gasteiger partial charge in [-0.25, -0.2) is 9.78 Å². The van der Waals surface area contributed by atoms with Crippen LogP contribution in [0.25, 0.3) is 10.8 Å². The molecule has 1 heterocycles. The van der Waals surface area contributed by atoms with Crippen LogP contribution >= 0.6 is 0 Å². The van der Waals surface area contributed by atoms with Crippen LogP contribution in [-0.4, -0.2) is 21.7 Å². The third-order valence-electron chi connectivity index (χ3n) is 3.21. The number of aromatic carboxylic acids is 1. The van der Waals surface area contributed by atoms with Crippen molar-refractivity contribution in [2.75, 3.05) is 0 Å². The third kappa shape index (κ3) is 2.67. The van der Waals surface area contributed by atoms with Crippen molar-refractivity contribution in [1.82, 2.24) is 4.98 Å². The molecule has 0 spiro atoms. The van der Waals surface area contributed by atoms with E-state index in [1.54, 1.807) is 6.07 Å². The quantitative estimate of drug-likeness (QED) is 0.912. The molecule has 0 fully saturated rings. The van der Waals surface area contributed by atoms with E-state index in [4.69, 9.17) is 4.74 Å².